The first kappa shape index (κ1) is 13.3. The van der Waals surface area contributed by atoms with Gasteiger partial charge in [0.2, 0.25) is 0 Å². The van der Waals surface area contributed by atoms with Gasteiger partial charge in [-0.2, -0.15) is 15.0 Å². The third kappa shape index (κ3) is 2.89. The molecule has 0 aliphatic carbocycles. The first-order chi connectivity index (χ1) is 9.72. The largest absolute Gasteiger partial charge is 0.328 e. The highest BCUT2D eigenvalue weighted by Gasteiger charge is 2.25. The molecule has 2 N–H and O–H groups in total. The summed E-state index contributed by atoms with van der Waals surface area (Å²) < 4.78 is 0. The van der Waals surface area contributed by atoms with Gasteiger partial charge in [-0.1, -0.05) is 18.2 Å². The normalized spacial score (nSPS) is 21.2. The van der Waals surface area contributed by atoms with E-state index in [0.29, 0.717) is 5.92 Å². The van der Waals surface area contributed by atoms with Gasteiger partial charge in [-0.15, -0.1) is 0 Å². The zero-order chi connectivity index (χ0) is 13.9. The number of likely N-dealkylation sites (tertiary alicyclic amines) is 1. The third-order valence-corrected chi connectivity index (χ3v) is 3.96. The molecule has 2 heterocycles. The molecule has 1 saturated heterocycles. The number of benzene rings is 1. The Balaban J connectivity index is 1.64. The van der Waals surface area contributed by atoms with Crippen molar-refractivity contribution in [2.75, 3.05) is 13.1 Å². The van der Waals surface area contributed by atoms with E-state index in [4.69, 9.17) is 5.73 Å². The molecule has 1 aromatic carbocycles. The first-order valence-corrected chi connectivity index (χ1v) is 7.17. The second-order valence-corrected chi connectivity index (χ2v) is 5.60. The van der Waals surface area contributed by atoms with Gasteiger partial charge in [0.15, 0.2) is 0 Å². The van der Waals surface area contributed by atoms with Crippen molar-refractivity contribution in [3.05, 3.63) is 42.2 Å². The van der Waals surface area contributed by atoms with Crippen molar-refractivity contribution in [2.45, 2.75) is 25.9 Å². The molecule has 0 radical (unpaired) electrons. The van der Waals surface area contributed by atoms with Crippen LogP contribution in [0.15, 0.2) is 36.5 Å². The van der Waals surface area contributed by atoms with Crippen LogP contribution in [-0.4, -0.2) is 39.0 Å². The van der Waals surface area contributed by atoms with Gasteiger partial charge >= 0.3 is 0 Å². The summed E-state index contributed by atoms with van der Waals surface area (Å²) in [4.78, 5) is 4.10. The number of nitrogens with two attached hydrogens (primary N) is 1. The summed E-state index contributed by atoms with van der Waals surface area (Å²) in [5.41, 5.74) is 7.98. The van der Waals surface area contributed by atoms with Crippen LogP contribution in [0.1, 0.15) is 19.0 Å². The standard InChI is InChI=1S/C15H21N5/c1-12(16)13-7-8-19(10-13)11-14-9-17-20(18-14)15-5-3-2-4-6-15/h2-6,9,12-13H,7-8,10-11,16H2,1H3. The second-order valence-electron chi connectivity index (χ2n) is 5.60. The minimum Gasteiger partial charge on any atom is -0.328 e. The van der Waals surface area contributed by atoms with E-state index >= 15 is 0 Å². The Kier molecular flexibility index (Phi) is 3.80. The van der Waals surface area contributed by atoms with Crippen molar-refractivity contribution in [3.8, 4) is 5.69 Å². The molecule has 0 amide bonds. The van der Waals surface area contributed by atoms with Crippen LogP contribution in [0.3, 0.4) is 0 Å². The van der Waals surface area contributed by atoms with E-state index in [9.17, 15) is 0 Å². The summed E-state index contributed by atoms with van der Waals surface area (Å²) in [5.74, 6) is 0.610. The van der Waals surface area contributed by atoms with Crippen molar-refractivity contribution >= 4 is 0 Å². The second kappa shape index (κ2) is 5.73. The molecule has 5 nitrogen and oxygen atoms in total. The fraction of sp³-hybridized carbons (Fsp3) is 0.467. The van der Waals surface area contributed by atoms with Crippen LogP contribution < -0.4 is 5.73 Å². The Labute approximate surface area is 119 Å². The lowest BCUT2D eigenvalue weighted by Gasteiger charge is -2.16. The number of aromatic nitrogens is 3. The number of rotatable bonds is 4. The molecule has 2 unspecified atom stereocenters. The fourth-order valence-corrected chi connectivity index (χ4v) is 2.72. The lowest BCUT2D eigenvalue weighted by atomic mass is 10.0. The summed E-state index contributed by atoms with van der Waals surface area (Å²) in [6.45, 7) is 5.12. The Hall–Kier alpha value is -1.72. The van der Waals surface area contributed by atoms with Gasteiger partial charge < -0.3 is 5.73 Å². The van der Waals surface area contributed by atoms with Gasteiger partial charge in [0.1, 0.15) is 0 Å². The molecule has 1 fully saturated rings. The molecule has 1 aliphatic rings. The van der Waals surface area contributed by atoms with Crippen LogP contribution in [0.5, 0.6) is 0 Å². The van der Waals surface area contributed by atoms with E-state index in [0.717, 1.165) is 31.0 Å². The molecule has 0 saturated carbocycles. The Morgan fingerprint density at radius 3 is 2.85 bits per heavy atom. The quantitative estimate of drug-likeness (QED) is 0.914. The van der Waals surface area contributed by atoms with Gasteiger partial charge in [0.25, 0.3) is 0 Å². The monoisotopic (exact) mass is 271 g/mol. The summed E-state index contributed by atoms with van der Waals surface area (Å²) in [7, 11) is 0. The molecule has 106 valence electrons. The lowest BCUT2D eigenvalue weighted by molar-refractivity contribution is 0.304. The number of hydrogen-bond donors (Lipinski definition) is 1. The Morgan fingerprint density at radius 2 is 2.15 bits per heavy atom. The van der Waals surface area contributed by atoms with Crippen molar-refractivity contribution < 1.29 is 0 Å². The molecule has 0 spiro atoms. The molecule has 2 aromatic rings. The fourth-order valence-electron chi connectivity index (χ4n) is 2.72. The zero-order valence-electron chi connectivity index (χ0n) is 11.8. The summed E-state index contributed by atoms with van der Waals surface area (Å²) >= 11 is 0. The molecular formula is C15H21N5. The maximum atomic E-state index is 5.97. The molecule has 1 aliphatic heterocycles. The average Bonchev–Trinajstić information content (AvgIpc) is 3.10. The van der Waals surface area contributed by atoms with Crippen LogP contribution in [0.25, 0.3) is 5.69 Å². The van der Waals surface area contributed by atoms with Gasteiger partial charge in [-0.3, -0.25) is 4.90 Å². The Morgan fingerprint density at radius 1 is 1.35 bits per heavy atom. The predicted octanol–water partition coefficient (Wildman–Crippen LogP) is 1.44. The number of para-hydroxylation sites is 1. The summed E-state index contributed by atoms with van der Waals surface area (Å²) in [5, 5.41) is 8.88. The molecule has 0 bridgehead atoms. The molecule has 5 heteroatoms. The summed E-state index contributed by atoms with van der Waals surface area (Å²) in [6, 6.07) is 10.3. The minimum absolute atomic E-state index is 0.278. The molecule has 2 atom stereocenters. The average molecular weight is 271 g/mol. The van der Waals surface area contributed by atoms with Crippen LogP contribution in [0, 0.1) is 5.92 Å². The highest BCUT2D eigenvalue weighted by Crippen LogP contribution is 2.20. The lowest BCUT2D eigenvalue weighted by Crippen LogP contribution is -2.29. The molecule has 3 rings (SSSR count). The molecule has 1 aromatic heterocycles. The van der Waals surface area contributed by atoms with Gasteiger partial charge in [0.05, 0.1) is 17.6 Å². The number of nitrogens with zero attached hydrogens (tertiary/aromatic N) is 4. The topological polar surface area (TPSA) is 60.0 Å². The van der Waals surface area contributed by atoms with E-state index in [1.807, 2.05) is 36.5 Å². The van der Waals surface area contributed by atoms with E-state index in [1.165, 1.54) is 6.42 Å². The van der Waals surface area contributed by atoms with E-state index < -0.39 is 0 Å². The molecule has 20 heavy (non-hydrogen) atoms. The highest BCUT2D eigenvalue weighted by atomic mass is 15.5. The zero-order valence-corrected chi connectivity index (χ0v) is 11.8. The smallest absolute Gasteiger partial charge is 0.0971 e. The van der Waals surface area contributed by atoms with Crippen molar-refractivity contribution in [3.63, 3.8) is 0 Å². The van der Waals surface area contributed by atoms with Crippen LogP contribution in [-0.2, 0) is 6.54 Å². The maximum Gasteiger partial charge on any atom is 0.0971 e. The Bertz CT molecular complexity index is 548. The first-order valence-electron chi connectivity index (χ1n) is 7.17. The van der Waals surface area contributed by atoms with E-state index in [-0.39, 0.29) is 6.04 Å². The van der Waals surface area contributed by atoms with Crippen LogP contribution in [0.4, 0.5) is 0 Å². The third-order valence-electron chi connectivity index (χ3n) is 3.96. The maximum absolute atomic E-state index is 5.97. The van der Waals surface area contributed by atoms with Crippen molar-refractivity contribution in [1.82, 2.24) is 19.9 Å². The van der Waals surface area contributed by atoms with Crippen LogP contribution >= 0.6 is 0 Å². The van der Waals surface area contributed by atoms with Gasteiger partial charge in [0, 0.05) is 19.1 Å². The van der Waals surface area contributed by atoms with Crippen molar-refractivity contribution in [2.24, 2.45) is 11.7 Å². The molecular weight excluding hydrogens is 250 g/mol. The van der Waals surface area contributed by atoms with Gasteiger partial charge in [-0.25, -0.2) is 0 Å². The summed E-state index contributed by atoms with van der Waals surface area (Å²) in [6.07, 6.45) is 3.04. The highest BCUT2D eigenvalue weighted by molar-refractivity contribution is 5.28. The van der Waals surface area contributed by atoms with Gasteiger partial charge in [-0.05, 0) is 37.9 Å². The van der Waals surface area contributed by atoms with Crippen LogP contribution in [0.2, 0.25) is 0 Å². The van der Waals surface area contributed by atoms with E-state index in [2.05, 4.69) is 22.0 Å². The minimum atomic E-state index is 0.278. The predicted molar refractivity (Wildman–Crippen MR) is 78.4 cm³/mol. The van der Waals surface area contributed by atoms with Crippen molar-refractivity contribution in [1.29, 1.82) is 0 Å². The van der Waals surface area contributed by atoms with E-state index in [1.54, 1.807) is 4.80 Å². The SMILES string of the molecule is CC(N)C1CCN(Cc2cnn(-c3ccccc3)n2)C1. The number of hydrogen-bond acceptors (Lipinski definition) is 4.